The maximum absolute atomic E-state index is 13.6. The molecule has 0 radical (unpaired) electrons. The van der Waals surface area contributed by atoms with Crippen LogP contribution in [0.2, 0.25) is 0 Å². The van der Waals surface area contributed by atoms with E-state index < -0.39 is 0 Å². The van der Waals surface area contributed by atoms with Crippen LogP contribution in [0.3, 0.4) is 0 Å². The van der Waals surface area contributed by atoms with Gasteiger partial charge < -0.3 is 5.32 Å². The Bertz CT molecular complexity index is 369. The van der Waals surface area contributed by atoms with Crippen molar-refractivity contribution in [2.24, 2.45) is 0 Å². The van der Waals surface area contributed by atoms with Gasteiger partial charge >= 0.3 is 0 Å². The van der Waals surface area contributed by atoms with Crippen LogP contribution >= 0.6 is 0 Å². The Labute approximate surface area is 83.3 Å². The Morgan fingerprint density at radius 2 is 2.14 bits per heavy atom. The van der Waals surface area contributed by atoms with Crippen molar-refractivity contribution in [3.05, 3.63) is 35.1 Å². The quantitative estimate of drug-likeness (QED) is 0.663. The number of benzene rings is 1. The van der Waals surface area contributed by atoms with Gasteiger partial charge in [-0.15, -0.1) is 0 Å². The van der Waals surface area contributed by atoms with Crippen molar-refractivity contribution in [1.82, 2.24) is 5.32 Å². The summed E-state index contributed by atoms with van der Waals surface area (Å²) in [5.41, 5.74) is 2.32. The number of halogens is 1. The molecule has 2 heteroatoms. The Morgan fingerprint density at radius 1 is 1.29 bits per heavy atom. The highest BCUT2D eigenvalue weighted by Gasteiger charge is 2.46. The second-order valence-corrected chi connectivity index (χ2v) is 4.38. The Kier molecular flexibility index (Phi) is 1.68. The van der Waals surface area contributed by atoms with Gasteiger partial charge in [-0.1, -0.05) is 12.1 Å². The standard InChI is InChI=1S/C12H14FN/c13-11-5-1-4-10-9(11)3-2-8-14-12(10)6-7-12/h1,4-5,14H,2-3,6-8H2. The predicted molar refractivity (Wildman–Crippen MR) is 53.6 cm³/mol. The summed E-state index contributed by atoms with van der Waals surface area (Å²) in [5, 5.41) is 3.55. The van der Waals surface area contributed by atoms with Crippen LogP contribution in [-0.4, -0.2) is 6.54 Å². The zero-order valence-electron chi connectivity index (χ0n) is 8.15. The molecule has 3 rings (SSSR count). The highest BCUT2D eigenvalue weighted by Crippen LogP contribution is 2.48. The van der Waals surface area contributed by atoms with Crippen molar-refractivity contribution < 1.29 is 4.39 Å². The van der Waals surface area contributed by atoms with Gasteiger partial charge in [-0.2, -0.15) is 0 Å². The summed E-state index contributed by atoms with van der Waals surface area (Å²) in [6, 6.07) is 5.51. The minimum atomic E-state index is -0.0162. The summed E-state index contributed by atoms with van der Waals surface area (Å²) < 4.78 is 13.6. The van der Waals surface area contributed by atoms with Crippen molar-refractivity contribution in [3.8, 4) is 0 Å². The van der Waals surface area contributed by atoms with Gasteiger partial charge in [0.1, 0.15) is 5.82 Å². The molecule has 74 valence electrons. The van der Waals surface area contributed by atoms with E-state index in [2.05, 4.69) is 11.4 Å². The van der Waals surface area contributed by atoms with E-state index in [9.17, 15) is 4.39 Å². The van der Waals surface area contributed by atoms with Crippen LogP contribution in [0.4, 0.5) is 4.39 Å². The molecule has 0 atom stereocenters. The van der Waals surface area contributed by atoms with Gasteiger partial charge in [-0.05, 0) is 49.4 Å². The summed E-state index contributed by atoms with van der Waals surface area (Å²) in [4.78, 5) is 0. The highest BCUT2D eigenvalue weighted by atomic mass is 19.1. The predicted octanol–water partition coefficient (Wildman–Crippen LogP) is 2.35. The second kappa shape index (κ2) is 2.80. The average molecular weight is 191 g/mol. The first kappa shape index (κ1) is 8.42. The number of hydrogen-bond acceptors (Lipinski definition) is 1. The van der Waals surface area contributed by atoms with E-state index in [1.54, 1.807) is 6.07 Å². The Balaban J connectivity index is 2.16. The highest BCUT2D eigenvalue weighted by molar-refractivity contribution is 5.39. The normalized spacial score (nSPS) is 22.9. The van der Waals surface area contributed by atoms with Gasteiger partial charge in [0.2, 0.25) is 0 Å². The second-order valence-electron chi connectivity index (χ2n) is 4.38. The molecule has 2 aliphatic rings. The van der Waals surface area contributed by atoms with Gasteiger partial charge in [0.15, 0.2) is 0 Å². The molecule has 1 aromatic carbocycles. The molecular formula is C12H14FN. The summed E-state index contributed by atoms with van der Waals surface area (Å²) in [7, 11) is 0. The van der Waals surface area contributed by atoms with E-state index in [0.29, 0.717) is 0 Å². The van der Waals surface area contributed by atoms with E-state index in [1.165, 1.54) is 18.4 Å². The zero-order chi connectivity index (χ0) is 9.60. The molecule has 1 aliphatic carbocycles. The van der Waals surface area contributed by atoms with E-state index in [4.69, 9.17) is 0 Å². The molecule has 1 aromatic rings. The monoisotopic (exact) mass is 191 g/mol. The SMILES string of the molecule is Fc1cccc2c1CCCNC21CC1. The molecule has 0 amide bonds. The van der Waals surface area contributed by atoms with Crippen LogP contribution in [0.15, 0.2) is 18.2 Å². The van der Waals surface area contributed by atoms with E-state index in [-0.39, 0.29) is 11.4 Å². The van der Waals surface area contributed by atoms with Gasteiger partial charge in [0.25, 0.3) is 0 Å². The third-order valence-electron chi connectivity index (χ3n) is 3.45. The van der Waals surface area contributed by atoms with Crippen molar-refractivity contribution in [2.45, 2.75) is 31.2 Å². The lowest BCUT2D eigenvalue weighted by molar-refractivity contribution is 0.528. The van der Waals surface area contributed by atoms with Crippen molar-refractivity contribution in [2.75, 3.05) is 6.54 Å². The van der Waals surface area contributed by atoms with Crippen molar-refractivity contribution in [1.29, 1.82) is 0 Å². The summed E-state index contributed by atoms with van der Waals surface area (Å²) in [6.07, 6.45) is 4.28. The summed E-state index contributed by atoms with van der Waals surface area (Å²) in [5.74, 6) is -0.0162. The first-order valence-corrected chi connectivity index (χ1v) is 5.35. The fourth-order valence-electron chi connectivity index (χ4n) is 2.52. The van der Waals surface area contributed by atoms with Crippen LogP contribution in [-0.2, 0) is 12.0 Å². The van der Waals surface area contributed by atoms with Crippen LogP contribution < -0.4 is 5.32 Å². The maximum Gasteiger partial charge on any atom is 0.126 e. The summed E-state index contributed by atoms with van der Waals surface area (Å²) >= 11 is 0. The van der Waals surface area contributed by atoms with Crippen LogP contribution in [0.5, 0.6) is 0 Å². The van der Waals surface area contributed by atoms with Gasteiger partial charge in [-0.3, -0.25) is 0 Å². The first-order valence-electron chi connectivity index (χ1n) is 5.35. The Morgan fingerprint density at radius 3 is 2.93 bits per heavy atom. The molecule has 0 unspecified atom stereocenters. The lowest BCUT2D eigenvalue weighted by atomic mass is 9.97. The van der Waals surface area contributed by atoms with Crippen molar-refractivity contribution in [3.63, 3.8) is 0 Å². The van der Waals surface area contributed by atoms with E-state index >= 15 is 0 Å². The van der Waals surface area contributed by atoms with E-state index in [1.807, 2.05) is 6.07 Å². The van der Waals surface area contributed by atoms with Crippen LogP contribution in [0, 0.1) is 5.82 Å². The first-order chi connectivity index (χ1) is 6.82. The Hall–Kier alpha value is -0.890. The lowest BCUT2D eigenvalue weighted by Gasteiger charge is -2.17. The van der Waals surface area contributed by atoms with Crippen LogP contribution in [0.1, 0.15) is 30.4 Å². The minimum absolute atomic E-state index is 0.0162. The molecule has 0 saturated heterocycles. The molecule has 1 aliphatic heterocycles. The number of nitrogens with one attached hydrogen (secondary N) is 1. The zero-order valence-corrected chi connectivity index (χ0v) is 8.15. The molecule has 1 saturated carbocycles. The topological polar surface area (TPSA) is 12.0 Å². The molecule has 0 aromatic heterocycles. The number of fused-ring (bicyclic) bond motifs is 2. The van der Waals surface area contributed by atoms with E-state index in [0.717, 1.165) is 24.9 Å². The van der Waals surface area contributed by atoms with Gasteiger partial charge in [-0.25, -0.2) is 4.39 Å². The van der Waals surface area contributed by atoms with Gasteiger partial charge in [0, 0.05) is 5.54 Å². The molecule has 1 spiro atoms. The minimum Gasteiger partial charge on any atom is -0.307 e. The third-order valence-corrected chi connectivity index (χ3v) is 3.45. The molecule has 1 N–H and O–H groups in total. The van der Waals surface area contributed by atoms with Gasteiger partial charge in [0.05, 0.1) is 0 Å². The smallest absolute Gasteiger partial charge is 0.126 e. The molecule has 0 bridgehead atoms. The third kappa shape index (κ3) is 1.10. The molecule has 1 heterocycles. The average Bonchev–Trinajstić information content (AvgIpc) is 2.97. The largest absolute Gasteiger partial charge is 0.307 e. The molecule has 14 heavy (non-hydrogen) atoms. The molecule has 1 nitrogen and oxygen atoms in total. The molecule has 1 fully saturated rings. The fraction of sp³-hybridized carbons (Fsp3) is 0.500. The number of rotatable bonds is 0. The summed E-state index contributed by atoms with van der Waals surface area (Å²) in [6.45, 7) is 1.02. The van der Waals surface area contributed by atoms with Crippen molar-refractivity contribution >= 4 is 0 Å². The fourth-order valence-corrected chi connectivity index (χ4v) is 2.52. The lowest BCUT2D eigenvalue weighted by Crippen LogP contribution is -2.28. The maximum atomic E-state index is 13.6. The van der Waals surface area contributed by atoms with Crippen LogP contribution in [0.25, 0.3) is 0 Å². The molecular weight excluding hydrogens is 177 g/mol. The number of hydrogen-bond donors (Lipinski definition) is 1.